The molecule has 8 nitrogen and oxygen atoms in total. The van der Waals surface area contributed by atoms with Gasteiger partial charge in [0, 0.05) is 11.6 Å². The van der Waals surface area contributed by atoms with Crippen LogP contribution >= 0.6 is 0 Å². The summed E-state index contributed by atoms with van der Waals surface area (Å²) in [6.45, 7) is 2.29. The van der Waals surface area contributed by atoms with Crippen LogP contribution in [0.25, 0.3) is 0 Å². The third kappa shape index (κ3) is 4.59. The third-order valence-corrected chi connectivity index (χ3v) is 9.10. The summed E-state index contributed by atoms with van der Waals surface area (Å²) in [5, 5.41) is 13.4. The number of benzene rings is 1. The zero-order valence-electron chi connectivity index (χ0n) is 20.8. The van der Waals surface area contributed by atoms with Crippen molar-refractivity contribution in [3.8, 4) is 0 Å². The Balaban J connectivity index is 1.13. The van der Waals surface area contributed by atoms with E-state index in [1.165, 1.54) is 23.3 Å². The normalized spacial score (nSPS) is 30.5. The smallest absolute Gasteiger partial charge is 0.251 e. The Labute approximate surface area is 212 Å². The lowest BCUT2D eigenvalue weighted by atomic mass is 9.89. The van der Waals surface area contributed by atoms with Crippen molar-refractivity contribution in [2.45, 2.75) is 87.6 Å². The SMILES string of the molecule is O=C(N[C@H](C(=O)N1C[C@H](O)[C@H]2OCC(=O)[C@H]21)C1CCCC1)c1ccc(C2CCN(C3CC3)CC2)cc1. The maximum atomic E-state index is 13.7. The summed E-state index contributed by atoms with van der Waals surface area (Å²) in [6.07, 6.45) is 7.25. The number of Topliss-reactive ketones (excluding diaryl/α,β-unsaturated/α-hetero) is 1. The highest BCUT2D eigenvalue weighted by atomic mass is 16.5. The average molecular weight is 496 g/mol. The summed E-state index contributed by atoms with van der Waals surface area (Å²) in [4.78, 5) is 43.4. The molecule has 194 valence electrons. The Morgan fingerprint density at radius 3 is 2.36 bits per heavy atom. The number of nitrogens with one attached hydrogen (secondary N) is 1. The molecule has 0 spiro atoms. The minimum atomic E-state index is -0.881. The molecule has 5 fully saturated rings. The highest BCUT2D eigenvalue weighted by Gasteiger charge is 2.53. The lowest BCUT2D eigenvalue weighted by molar-refractivity contribution is -0.139. The van der Waals surface area contributed by atoms with Crippen molar-refractivity contribution in [1.29, 1.82) is 0 Å². The van der Waals surface area contributed by atoms with Crippen LogP contribution in [0, 0.1) is 5.92 Å². The standard InChI is InChI=1S/C28H37N3O5/c32-22-15-31(25-23(33)16-36-26(22)25)28(35)24(19-3-1-2-4-19)29-27(34)20-7-5-17(6-8-20)18-11-13-30(14-12-18)21-9-10-21/h5-8,18-19,21-22,24-26,32H,1-4,9-16H2,(H,29,34)/t22-,24-,25+,26+/m0/s1. The van der Waals surface area contributed by atoms with Gasteiger partial charge in [0.1, 0.15) is 30.9 Å². The van der Waals surface area contributed by atoms with Gasteiger partial charge in [-0.15, -0.1) is 0 Å². The van der Waals surface area contributed by atoms with E-state index in [-0.39, 0.29) is 36.7 Å². The quantitative estimate of drug-likeness (QED) is 0.625. The number of ether oxygens (including phenoxy) is 1. The fourth-order valence-electron chi connectivity index (χ4n) is 6.88. The number of rotatable bonds is 6. The minimum absolute atomic E-state index is 0.0333. The van der Waals surface area contributed by atoms with Gasteiger partial charge in [0.15, 0.2) is 5.78 Å². The number of carbonyl (C=O) groups is 3. The molecule has 0 unspecified atom stereocenters. The molecule has 3 saturated heterocycles. The van der Waals surface area contributed by atoms with Crippen LogP contribution in [0.15, 0.2) is 24.3 Å². The molecule has 0 bridgehead atoms. The lowest BCUT2D eigenvalue weighted by Crippen LogP contribution is -2.54. The van der Waals surface area contributed by atoms with Gasteiger partial charge in [-0.2, -0.15) is 0 Å². The first kappa shape index (κ1) is 24.1. The lowest BCUT2D eigenvalue weighted by Gasteiger charge is -2.32. The van der Waals surface area contributed by atoms with E-state index < -0.39 is 24.3 Å². The maximum Gasteiger partial charge on any atom is 0.251 e. The van der Waals surface area contributed by atoms with E-state index >= 15 is 0 Å². The molecule has 3 heterocycles. The third-order valence-electron chi connectivity index (χ3n) is 9.10. The van der Waals surface area contributed by atoms with Gasteiger partial charge in [0.2, 0.25) is 5.91 Å². The summed E-state index contributed by atoms with van der Waals surface area (Å²) in [7, 11) is 0. The van der Waals surface area contributed by atoms with E-state index in [0.717, 1.165) is 57.7 Å². The van der Waals surface area contributed by atoms with Crippen LogP contribution < -0.4 is 5.32 Å². The Kier molecular flexibility index (Phi) is 6.60. The molecular formula is C28H37N3O5. The second-order valence-electron chi connectivity index (χ2n) is 11.4. The second kappa shape index (κ2) is 9.88. The van der Waals surface area contributed by atoms with Gasteiger partial charge in [-0.1, -0.05) is 25.0 Å². The number of amides is 2. The number of hydrogen-bond donors (Lipinski definition) is 2. The number of nitrogens with zero attached hydrogens (tertiary/aromatic N) is 2. The average Bonchev–Trinajstić information content (AvgIpc) is 3.30. The zero-order chi connectivity index (χ0) is 24.8. The molecule has 4 atom stereocenters. The summed E-state index contributed by atoms with van der Waals surface area (Å²) < 4.78 is 5.44. The molecule has 3 aliphatic heterocycles. The Bertz CT molecular complexity index is 995. The zero-order valence-corrected chi connectivity index (χ0v) is 20.8. The number of carbonyl (C=O) groups excluding carboxylic acids is 3. The summed E-state index contributed by atoms with van der Waals surface area (Å²) in [5.74, 6) is -0.156. The minimum Gasteiger partial charge on any atom is -0.388 e. The van der Waals surface area contributed by atoms with Crippen LogP contribution in [0.1, 0.15) is 73.2 Å². The molecular weight excluding hydrogens is 458 g/mol. The van der Waals surface area contributed by atoms with Crippen molar-refractivity contribution in [2.75, 3.05) is 26.2 Å². The van der Waals surface area contributed by atoms with Gasteiger partial charge in [0.05, 0.1) is 6.54 Å². The molecule has 1 aromatic carbocycles. The molecule has 0 radical (unpaired) electrons. The molecule has 8 heteroatoms. The van der Waals surface area contributed by atoms with Crippen LogP contribution in [-0.4, -0.2) is 89.1 Å². The van der Waals surface area contributed by atoms with E-state index in [4.69, 9.17) is 4.74 Å². The van der Waals surface area contributed by atoms with Gasteiger partial charge >= 0.3 is 0 Å². The molecule has 1 aromatic rings. The van der Waals surface area contributed by atoms with Gasteiger partial charge in [-0.05, 0) is 81.1 Å². The molecule has 6 rings (SSSR count). The molecule has 2 saturated carbocycles. The Hall–Kier alpha value is -2.29. The van der Waals surface area contributed by atoms with Crippen LogP contribution in [0.4, 0.5) is 0 Å². The van der Waals surface area contributed by atoms with E-state index in [1.54, 1.807) is 0 Å². The molecule has 2 amide bonds. The molecule has 2 N–H and O–H groups in total. The molecule has 0 aromatic heterocycles. The topological polar surface area (TPSA) is 99.2 Å². The number of hydrogen-bond acceptors (Lipinski definition) is 6. The van der Waals surface area contributed by atoms with E-state index in [2.05, 4.69) is 22.3 Å². The number of aliphatic hydroxyl groups excluding tert-OH is 1. The first-order valence-corrected chi connectivity index (χ1v) is 13.8. The molecule has 5 aliphatic rings. The second-order valence-corrected chi connectivity index (χ2v) is 11.4. The highest BCUT2D eigenvalue weighted by Crippen LogP contribution is 2.35. The Morgan fingerprint density at radius 1 is 1.00 bits per heavy atom. The summed E-state index contributed by atoms with van der Waals surface area (Å²) in [6, 6.07) is 7.24. The van der Waals surface area contributed by atoms with Gasteiger partial charge in [-0.25, -0.2) is 0 Å². The first-order chi connectivity index (χ1) is 17.5. The highest BCUT2D eigenvalue weighted by molar-refractivity contribution is 5.99. The predicted molar refractivity (Wildman–Crippen MR) is 132 cm³/mol. The Morgan fingerprint density at radius 2 is 1.69 bits per heavy atom. The first-order valence-electron chi connectivity index (χ1n) is 13.8. The number of fused-ring (bicyclic) bond motifs is 1. The molecule has 36 heavy (non-hydrogen) atoms. The predicted octanol–water partition coefficient (Wildman–Crippen LogP) is 1.86. The van der Waals surface area contributed by atoms with Crippen LogP contribution in [-0.2, 0) is 14.3 Å². The van der Waals surface area contributed by atoms with Crippen molar-refractivity contribution in [1.82, 2.24) is 15.1 Å². The van der Waals surface area contributed by atoms with Crippen molar-refractivity contribution in [3.05, 3.63) is 35.4 Å². The molecule has 2 aliphatic carbocycles. The van der Waals surface area contributed by atoms with Crippen molar-refractivity contribution >= 4 is 17.6 Å². The van der Waals surface area contributed by atoms with Crippen LogP contribution in [0.3, 0.4) is 0 Å². The fourth-order valence-corrected chi connectivity index (χ4v) is 6.88. The summed E-state index contributed by atoms with van der Waals surface area (Å²) >= 11 is 0. The van der Waals surface area contributed by atoms with Crippen molar-refractivity contribution in [2.24, 2.45) is 5.92 Å². The summed E-state index contributed by atoms with van der Waals surface area (Å²) in [5.41, 5.74) is 1.83. The number of likely N-dealkylation sites (tertiary alicyclic amines) is 2. The van der Waals surface area contributed by atoms with Crippen molar-refractivity contribution in [3.63, 3.8) is 0 Å². The van der Waals surface area contributed by atoms with E-state index in [9.17, 15) is 19.5 Å². The van der Waals surface area contributed by atoms with Gasteiger partial charge < -0.3 is 25.0 Å². The largest absolute Gasteiger partial charge is 0.388 e. The van der Waals surface area contributed by atoms with E-state index in [0.29, 0.717) is 11.5 Å². The van der Waals surface area contributed by atoms with E-state index in [1.807, 2.05) is 12.1 Å². The number of aliphatic hydroxyl groups is 1. The van der Waals surface area contributed by atoms with Crippen LogP contribution in [0.5, 0.6) is 0 Å². The number of piperidine rings is 1. The van der Waals surface area contributed by atoms with Crippen molar-refractivity contribution < 1.29 is 24.2 Å². The fraction of sp³-hybridized carbons (Fsp3) is 0.679. The van der Waals surface area contributed by atoms with Gasteiger partial charge in [0.25, 0.3) is 5.91 Å². The number of ketones is 1. The van der Waals surface area contributed by atoms with Gasteiger partial charge in [-0.3, -0.25) is 14.4 Å². The monoisotopic (exact) mass is 495 g/mol. The maximum absolute atomic E-state index is 13.7. The number of β-amino-alcohol motifs (C(OH)–C–C–N with tert-alkyl or cyclic N) is 1. The van der Waals surface area contributed by atoms with Crippen LogP contribution in [0.2, 0.25) is 0 Å².